The third kappa shape index (κ3) is 3.08. The second-order valence-corrected chi connectivity index (χ2v) is 2.80. The lowest BCUT2D eigenvalue weighted by Crippen LogP contribution is -2.19. The SMILES string of the molecule is COc1c(N)ncc(OC(F)(F)F)c1C(F)F. The van der Waals surface area contributed by atoms with Crippen molar-refractivity contribution < 1.29 is 31.4 Å². The number of halogens is 5. The third-order valence-corrected chi connectivity index (χ3v) is 1.71. The summed E-state index contributed by atoms with van der Waals surface area (Å²) in [6.45, 7) is 0. The van der Waals surface area contributed by atoms with Crippen molar-refractivity contribution in [2.75, 3.05) is 12.8 Å². The molecule has 1 aromatic heterocycles. The standard InChI is InChI=1S/C8H7F5N2O2/c1-16-5-4(6(9)10)3(2-15-7(5)14)17-8(11,12)13/h2,6H,1H3,(H2,14,15). The minimum Gasteiger partial charge on any atom is -0.492 e. The first-order chi connectivity index (χ1) is 7.76. The van der Waals surface area contributed by atoms with Crippen LogP contribution in [-0.2, 0) is 0 Å². The number of nitrogens with two attached hydrogens (primary N) is 1. The smallest absolute Gasteiger partial charge is 0.492 e. The van der Waals surface area contributed by atoms with Gasteiger partial charge in [-0.25, -0.2) is 13.8 Å². The molecule has 1 heterocycles. The van der Waals surface area contributed by atoms with Gasteiger partial charge in [-0.2, -0.15) is 0 Å². The number of aromatic nitrogens is 1. The topological polar surface area (TPSA) is 57.4 Å². The summed E-state index contributed by atoms with van der Waals surface area (Å²) in [5.41, 5.74) is 4.11. The van der Waals surface area contributed by atoms with Crippen molar-refractivity contribution in [3.63, 3.8) is 0 Å². The number of ether oxygens (including phenoxy) is 2. The van der Waals surface area contributed by atoms with E-state index in [1.807, 2.05) is 0 Å². The molecule has 1 aromatic rings. The molecule has 0 amide bonds. The Hall–Kier alpha value is -1.80. The van der Waals surface area contributed by atoms with Crippen LogP contribution in [0.15, 0.2) is 6.20 Å². The van der Waals surface area contributed by atoms with E-state index in [-0.39, 0.29) is 0 Å². The molecule has 0 aromatic carbocycles. The van der Waals surface area contributed by atoms with E-state index in [9.17, 15) is 22.0 Å². The molecule has 17 heavy (non-hydrogen) atoms. The van der Waals surface area contributed by atoms with Gasteiger partial charge >= 0.3 is 6.36 Å². The average Bonchev–Trinajstić information content (AvgIpc) is 2.17. The fourth-order valence-electron chi connectivity index (χ4n) is 1.13. The largest absolute Gasteiger partial charge is 0.573 e. The maximum atomic E-state index is 12.6. The molecule has 0 aliphatic rings. The Morgan fingerprint density at radius 3 is 2.35 bits per heavy atom. The summed E-state index contributed by atoms with van der Waals surface area (Å²) in [5.74, 6) is -2.22. The molecule has 0 aliphatic carbocycles. The highest BCUT2D eigenvalue weighted by molar-refractivity contribution is 5.56. The minimum atomic E-state index is -5.10. The van der Waals surface area contributed by atoms with Crippen molar-refractivity contribution in [1.82, 2.24) is 4.98 Å². The molecule has 0 bridgehead atoms. The van der Waals surface area contributed by atoms with Gasteiger partial charge in [0.25, 0.3) is 6.43 Å². The molecule has 0 fully saturated rings. The first-order valence-electron chi connectivity index (χ1n) is 4.12. The Bertz CT molecular complexity index is 408. The fourth-order valence-corrected chi connectivity index (χ4v) is 1.13. The molecule has 0 saturated heterocycles. The van der Waals surface area contributed by atoms with Crippen molar-refractivity contribution in [3.8, 4) is 11.5 Å². The Kier molecular flexibility index (Phi) is 3.59. The van der Waals surface area contributed by atoms with Gasteiger partial charge in [-0.05, 0) is 0 Å². The van der Waals surface area contributed by atoms with Crippen LogP contribution in [0.25, 0.3) is 0 Å². The highest BCUT2D eigenvalue weighted by Crippen LogP contribution is 2.41. The first-order valence-corrected chi connectivity index (χ1v) is 4.12. The van der Waals surface area contributed by atoms with E-state index in [2.05, 4.69) is 14.5 Å². The van der Waals surface area contributed by atoms with Gasteiger partial charge in [0.1, 0.15) is 5.56 Å². The molecular formula is C8H7F5N2O2. The molecule has 0 saturated carbocycles. The van der Waals surface area contributed by atoms with Crippen LogP contribution in [0.3, 0.4) is 0 Å². The molecule has 0 unspecified atom stereocenters. The van der Waals surface area contributed by atoms with Crippen LogP contribution in [0, 0.1) is 0 Å². The average molecular weight is 258 g/mol. The van der Waals surface area contributed by atoms with E-state index in [1.54, 1.807) is 0 Å². The molecule has 0 spiro atoms. The summed E-state index contributed by atoms with van der Waals surface area (Å²) >= 11 is 0. The molecule has 0 radical (unpaired) electrons. The number of pyridine rings is 1. The Balaban J connectivity index is 3.30. The van der Waals surface area contributed by atoms with Crippen LogP contribution in [0.5, 0.6) is 11.5 Å². The van der Waals surface area contributed by atoms with Gasteiger partial charge in [0, 0.05) is 0 Å². The minimum absolute atomic E-state index is 0.447. The van der Waals surface area contributed by atoms with E-state index in [1.165, 1.54) is 0 Å². The summed E-state index contributed by atoms with van der Waals surface area (Å²) in [7, 11) is 0.983. The molecule has 1 rings (SSSR count). The maximum absolute atomic E-state index is 12.6. The summed E-state index contributed by atoms with van der Waals surface area (Å²) < 4.78 is 69.0. The fraction of sp³-hybridized carbons (Fsp3) is 0.375. The number of anilines is 1. The van der Waals surface area contributed by atoms with E-state index in [4.69, 9.17) is 5.73 Å². The number of nitrogens with zero attached hydrogens (tertiary/aromatic N) is 1. The van der Waals surface area contributed by atoms with Crippen LogP contribution in [0.2, 0.25) is 0 Å². The van der Waals surface area contributed by atoms with Crippen LogP contribution in [-0.4, -0.2) is 18.5 Å². The van der Waals surface area contributed by atoms with Crippen molar-refractivity contribution in [2.24, 2.45) is 0 Å². The zero-order valence-corrected chi connectivity index (χ0v) is 8.39. The number of rotatable bonds is 3. The zero-order chi connectivity index (χ0) is 13.2. The molecule has 96 valence electrons. The van der Waals surface area contributed by atoms with Crippen molar-refractivity contribution >= 4 is 5.82 Å². The maximum Gasteiger partial charge on any atom is 0.573 e. The number of alkyl halides is 5. The summed E-state index contributed by atoms with van der Waals surface area (Å²) in [5, 5.41) is 0. The van der Waals surface area contributed by atoms with Crippen LogP contribution >= 0.6 is 0 Å². The van der Waals surface area contributed by atoms with Crippen molar-refractivity contribution in [2.45, 2.75) is 12.8 Å². The van der Waals surface area contributed by atoms with Gasteiger partial charge in [-0.3, -0.25) is 0 Å². The second-order valence-electron chi connectivity index (χ2n) is 2.80. The monoisotopic (exact) mass is 258 g/mol. The quantitative estimate of drug-likeness (QED) is 0.846. The van der Waals surface area contributed by atoms with Gasteiger partial charge in [0.05, 0.1) is 13.3 Å². The highest BCUT2D eigenvalue weighted by atomic mass is 19.4. The number of nitrogen functional groups attached to an aromatic ring is 1. The predicted octanol–water partition coefficient (Wildman–Crippen LogP) is 2.51. The molecular weight excluding hydrogens is 251 g/mol. The van der Waals surface area contributed by atoms with E-state index in [0.29, 0.717) is 6.20 Å². The lowest BCUT2D eigenvalue weighted by atomic mass is 10.2. The van der Waals surface area contributed by atoms with Crippen molar-refractivity contribution in [1.29, 1.82) is 0 Å². The van der Waals surface area contributed by atoms with Crippen LogP contribution < -0.4 is 15.2 Å². The Labute approximate surface area is 92.1 Å². The molecule has 0 aliphatic heterocycles. The zero-order valence-electron chi connectivity index (χ0n) is 8.39. The lowest BCUT2D eigenvalue weighted by Gasteiger charge is -2.15. The number of hydrogen-bond donors (Lipinski definition) is 1. The molecule has 9 heteroatoms. The highest BCUT2D eigenvalue weighted by Gasteiger charge is 2.35. The van der Waals surface area contributed by atoms with Gasteiger partial charge in [-0.15, -0.1) is 13.2 Å². The van der Waals surface area contributed by atoms with Crippen molar-refractivity contribution in [3.05, 3.63) is 11.8 Å². The van der Waals surface area contributed by atoms with Gasteiger partial charge in [-0.1, -0.05) is 0 Å². The molecule has 2 N–H and O–H groups in total. The van der Waals surface area contributed by atoms with E-state index >= 15 is 0 Å². The normalized spacial score (nSPS) is 11.7. The van der Waals surface area contributed by atoms with Crippen LogP contribution in [0.4, 0.5) is 27.8 Å². The summed E-state index contributed by atoms with van der Waals surface area (Å²) in [4.78, 5) is 3.27. The van der Waals surface area contributed by atoms with Gasteiger partial charge < -0.3 is 15.2 Å². The Morgan fingerprint density at radius 1 is 1.35 bits per heavy atom. The van der Waals surface area contributed by atoms with Crippen LogP contribution in [0.1, 0.15) is 12.0 Å². The second kappa shape index (κ2) is 4.60. The Morgan fingerprint density at radius 2 is 1.94 bits per heavy atom. The third-order valence-electron chi connectivity index (χ3n) is 1.71. The summed E-state index contributed by atoms with van der Waals surface area (Å²) in [6.07, 6.45) is -7.88. The lowest BCUT2D eigenvalue weighted by molar-refractivity contribution is -0.275. The van der Waals surface area contributed by atoms with Gasteiger partial charge in [0.2, 0.25) is 0 Å². The predicted molar refractivity (Wildman–Crippen MR) is 46.8 cm³/mol. The molecule has 0 atom stereocenters. The van der Waals surface area contributed by atoms with E-state index < -0.39 is 35.7 Å². The van der Waals surface area contributed by atoms with E-state index in [0.717, 1.165) is 7.11 Å². The number of methoxy groups -OCH3 is 1. The van der Waals surface area contributed by atoms with Gasteiger partial charge in [0.15, 0.2) is 17.3 Å². The number of hydrogen-bond acceptors (Lipinski definition) is 4. The summed E-state index contributed by atoms with van der Waals surface area (Å²) in [6, 6.07) is 0. The molecule has 4 nitrogen and oxygen atoms in total. The first kappa shape index (κ1) is 13.3.